The van der Waals surface area contributed by atoms with Crippen LogP contribution in [0.2, 0.25) is 0 Å². The maximum atomic E-state index is 12.7. The number of quaternary nitrogens is 1. The van der Waals surface area contributed by atoms with Crippen LogP contribution in [0.25, 0.3) is 0 Å². The molecule has 36 heavy (non-hydrogen) atoms. The van der Waals surface area contributed by atoms with E-state index >= 15 is 0 Å². The predicted octanol–water partition coefficient (Wildman–Crippen LogP) is 8.21. The Bertz CT molecular complexity index is 522. The number of rotatable bonds is 27. The van der Waals surface area contributed by atoms with Crippen LogP contribution in [0.15, 0.2) is 0 Å². The molecule has 0 radical (unpaired) electrons. The summed E-state index contributed by atoms with van der Waals surface area (Å²) in [6.07, 6.45) is 25.0. The van der Waals surface area contributed by atoms with Crippen LogP contribution in [0.3, 0.4) is 0 Å². The highest BCUT2D eigenvalue weighted by molar-refractivity contribution is 5.80. The highest BCUT2D eigenvalue weighted by atomic mass is 16.4. The first-order chi connectivity index (χ1) is 17.3. The second-order valence-corrected chi connectivity index (χ2v) is 11.7. The summed E-state index contributed by atoms with van der Waals surface area (Å²) >= 11 is 0. The minimum absolute atomic E-state index is 0.0101. The molecule has 0 atom stereocenters. The summed E-state index contributed by atoms with van der Waals surface area (Å²) in [5.74, 6) is -0.876. The molecule has 0 aliphatic rings. The number of carbonyl (C=O) groups is 2. The minimum Gasteiger partial charge on any atom is -0.481 e. The van der Waals surface area contributed by atoms with E-state index in [9.17, 15) is 9.59 Å². The third-order valence-corrected chi connectivity index (χ3v) is 7.53. The van der Waals surface area contributed by atoms with E-state index in [-0.39, 0.29) is 18.7 Å². The van der Waals surface area contributed by atoms with Gasteiger partial charge in [0.15, 0.2) is 0 Å². The van der Waals surface area contributed by atoms with Crippen molar-refractivity contribution in [2.45, 2.75) is 149 Å². The molecule has 0 unspecified atom stereocenters. The van der Waals surface area contributed by atoms with E-state index in [4.69, 9.17) is 5.11 Å². The quantitative estimate of drug-likeness (QED) is 0.0893. The number of amides is 1. The van der Waals surface area contributed by atoms with Crippen molar-refractivity contribution in [2.24, 2.45) is 0 Å². The van der Waals surface area contributed by atoms with Crippen LogP contribution >= 0.6 is 0 Å². The van der Waals surface area contributed by atoms with Gasteiger partial charge in [-0.25, -0.2) is 0 Å². The molecule has 0 aromatic heterocycles. The lowest BCUT2D eigenvalue weighted by Crippen LogP contribution is -2.47. The zero-order valence-electron chi connectivity index (χ0n) is 24.8. The third kappa shape index (κ3) is 23.3. The van der Waals surface area contributed by atoms with Crippen molar-refractivity contribution in [1.29, 1.82) is 0 Å². The fourth-order valence-electron chi connectivity index (χ4n) is 4.88. The Balaban J connectivity index is 4.20. The summed E-state index contributed by atoms with van der Waals surface area (Å²) in [6, 6.07) is 0. The van der Waals surface area contributed by atoms with Gasteiger partial charge in [-0.2, -0.15) is 0 Å². The average Bonchev–Trinajstić information content (AvgIpc) is 2.84. The lowest BCUT2D eigenvalue weighted by molar-refractivity contribution is -0.889. The molecule has 0 aromatic rings. The standard InChI is InChI=1S/C31H62N2O3/c1-5-7-9-11-13-15-17-19-21-23-28-33(3,4)29-27-32(30(34)24-25-31(35)36)26-22-20-18-16-14-12-10-8-6-2/h5-29H2,1-4H3/p+1. The fourth-order valence-corrected chi connectivity index (χ4v) is 4.88. The van der Waals surface area contributed by atoms with Crippen molar-refractivity contribution in [2.75, 3.05) is 40.3 Å². The molecule has 0 heterocycles. The van der Waals surface area contributed by atoms with Gasteiger partial charge in [0.2, 0.25) is 5.91 Å². The molecular formula is C31H63N2O3+. The SMILES string of the molecule is CCCCCCCCCCCC[N+](C)(C)CCN(CCCCCCCCCCC)C(=O)CCC(=O)O. The molecule has 0 spiro atoms. The first kappa shape index (κ1) is 34.9. The van der Waals surface area contributed by atoms with E-state index in [2.05, 4.69) is 27.9 Å². The van der Waals surface area contributed by atoms with Gasteiger partial charge in [0.05, 0.1) is 40.2 Å². The van der Waals surface area contributed by atoms with Gasteiger partial charge in [-0.3, -0.25) is 9.59 Å². The fraction of sp³-hybridized carbons (Fsp3) is 0.935. The smallest absolute Gasteiger partial charge is 0.303 e. The van der Waals surface area contributed by atoms with Gasteiger partial charge in [0.1, 0.15) is 0 Å². The van der Waals surface area contributed by atoms with E-state index in [1.54, 1.807) is 0 Å². The lowest BCUT2D eigenvalue weighted by Gasteiger charge is -2.33. The topological polar surface area (TPSA) is 57.6 Å². The van der Waals surface area contributed by atoms with Crippen LogP contribution in [-0.4, -0.2) is 66.6 Å². The van der Waals surface area contributed by atoms with Gasteiger partial charge >= 0.3 is 5.97 Å². The molecule has 0 aromatic carbocycles. The average molecular weight is 512 g/mol. The van der Waals surface area contributed by atoms with Crippen LogP contribution in [0, 0.1) is 0 Å². The van der Waals surface area contributed by atoms with Gasteiger partial charge in [-0.05, 0) is 19.3 Å². The molecule has 0 saturated carbocycles. The van der Waals surface area contributed by atoms with E-state index in [1.165, 1.54) is 109 Å². The molecule has 0 saturated heterocycles. The molecule has 0 fully saturated rings. The molecule has 1 amide bonds. The van der Waals surface area contributed by atoms with Gasteiger partial charge in [0.25, 0.3) is 0 Å². The summed E-state index contributed by atoms with van der Waals surface area (Å²) < 4.78 is 0.928. The first-order valence-electron chi connectivity index (χ1n) is 15.6. The van der Waals surface area contributed by atoms with Crippen molar-refractivity contribution in [1.82, 2.24) is 4.90 Å². The van der Waals surface area contributed by atoms with Crippen LogP contribution in [-0.2, 0) is 9.59 Å². The number of unbranched alkanes of at least 4 members (excludes halogenated alkanes) is 17. The highest BCUT2D eigenvalue weighted by Crippen LogP contribution is 2.13. The number of aliphatic carboxylic acids is 1. The second-order valence-electron chi connectivity index (χ2n) is 11.7. The van der Waals surface area contributed by atoms with Gasteiger partial charge < -0.3 is 14.5 Å². The van der Waals surface area contributed by atoms with Crippen molar-refractivity contribution < 1.29 is 19.2 Å². The maximum Gasteiger partial charge on any atom is 0.303 e. The van der Waals surface area contributed by atoms with Crippen LogP contribution in [0.5, 0.6) is 0 Å². The second kappa shape index (κ2) is 24.2. The normalized spacial score (nSPS) is 11.7. The Morgan fingerprint density at radius 1 is 0.556 bits per heavy atom. The molecule has 0 bridgehead atoms. The number of carboxylic acids is 1. The van der Waals surface area contributed by atoms with Gasteiger partial charge in [-0.1, -0.05) is 117 Å². The predicted molar refractivity (Wildman–Crippen MR) is 154 cm³/mol. The number of carbonyl (C=O) groups excluding carboxylic acids is 1. The summed E-state index contributed by atoms with van der Waals surface area (Å²) in [4.78, 5) is 25.6. The summed E-state index contributed by atoms with van der Waals surface area (Å²) in [5, 5.41) is 9.00. The minimum atomic E-state index is -0.886. The molecule has 5 heteroatoms. The molecule has 214 valence electrons. The van der Waals surface area contributed by atoms with Crippen molar-refractivity contribution in [3.8, 4) is 0 Å². The summed E-state index contributed by atoms with van der Waals surface area (Å²) in [5.41, 5.74) is 0. The lowest BCUT2D eigenvalue weighted by atomic mass is 10.1. The molecule has 5 nitrogen and oxygen atoms in total. The number of likely N-dealkylation sites (N-methyl/N-ethyl adjacent to an activating group) is 1. The zero-order valence-corrected chi connectivity index (χ0v) is 24.8. The van der Waals surface area contributed by atoms with E-state index in [0.29, 0.717) is 0 Å². The van der Waals surface area contributed by atoms with Crippen LogP contribution < -0.4 is 0 Å². The van der Waals surface area contributed by atoms with Gasteiger partial charge in [-0.15, -0.1) is 0 Å². The number of carboxylic acid groups (broad SMARTS) is 1. The van der Waals surface area contributed by atoms with Crippen molar-refractivity contribution >= 4 is 11.9 Å². The number of hydrogen-bond donors (Lipinski definition) is 1. The van der Waals surface area contributed by atoms with Gasteiger partial charge in [0, 0.05) is 13.0 Å². The van der Waals surface area contributed by atoms with E-state index in [0.717, 1.165) is 43.5 Å². The molecule has 0 aliphatic heterocycles. The molecule has 0 aliphatic carbocycles. The highest BCUT2D eigenvalue weighted by Gasteiger charge is 2.20. The Kier molecular flexibility index (Phi) is 23.5. The van der Waals surface area contributed by atoms with Crippen molar-refractivity contribution in [3.05, 3.63) is 0 Å². The number of nitrogens with zero attached hydrogens (tertiary/aromatic N) is 2. The largest absolute Gasteiger partial charge is 0.481 e. The van der Waals surface area contributed by atoms with E-state index < -0.39 is 5.97 Å². The Hall–Kier alpha value is -1.10. The summed E-state index contributed by atoms with van der Waals surface area (Å²) in [6.45, 7) is 8.11. The molecular weight excluding hydrogens is 448 g/mol. The van der Waals surface area contributed by atoms with E-state index in [1.807, 2.05) is 4.90 Å². The third-order valence-electron chi connectivity index (χ3n) is 7.53. The van der Waals surface area contributed by atoms with Crippen molar-refractivity contribution in [3.63, 3.8) is 0 Å². The Morgan fingerprint density at radius 2 is 0.972 bits per heavy atom. The molecule has 1 N–H and O–H groups in total. The Labute approximate surface area is 225 Å². The zero-order chi connectivity index (χ0) is 26.9. The Morgan fingerprint density at radius 3 is 1.42 bits per heavy atom. The monoisotopic (exact) mass is 511 g/mol. The molecule has 0 rings (SSSR count). The van der Waals surface area contributed by atoms with Crippen LogP contribution in [0.1, 0.15) is 149 Å². The van der Waals surface area contributed by atoms with Crippen LogP contribution in [0.4, 0.5) is 0 Å². The maximum absolute atomic E-state index is 12.7. The number of hydrogen-bond acceptors (Lipinski definition) is 2. The first-order valence-corrected chi connectivity index (χ1v) is 15.6. The summed E-state index contributed by atoms with van der Waals surface area (Å²) in [7, 11) is 4.54.